The third-order valence-corrected chi connectivity index (χ3v) is 9.45. The molecule has 0 saturated heterocycles. The van der Waals surface area contributed by atoms with Gasteiger partial charge in [0.05, 0.1) is 18.9 Å². The Morgan fingerprint density at radius 1 is 0.900 bits per heavy atom. The van der Waals surface area contributed by atoms with Crippen molar-refractivity contribution in [1.29, 1.82) is 0 Å². The molecule has 6 heteroatoms. The predicted molar refractivity (Wildman–Crippen MR) is 133 cm³/mol. The van der Waals surface area contributed by atoms with Crippen molar-refractivity contribution in [1.82, 2.24) is 14.1 Å². The average Bonchev–Trinajstić information content (AvgIpc) is 2.78. The summed E-state index contributed by atoms with van der Waals surface area (Å²) in [6, 6.07) is 18.2. The number of hydrogen-bond donors (Lipinski definition) is 1. The number of aryl methyl sites for hydroxylation is 1. The molecule has 0 aliphatic carbocycles. The summed E-state index contributed by atoms with van der Waals surface area (Å²) in [5.74, 6) is -0.0258. The van der Waals surface area contributed by atoms with E-state index in [2.05, 4.69) is 66.0 Å². The van der Waals surface area contributed by atoms with Crippen molar-refractivity contribution in [3.63, 3.8) is 0 Å². The van der Waals surface area contributed by atoms with Crippen LogP contribution >= 0.6 is 8.22 Å². The molecule has 4 nitrogen and oxygen atoms in total. The van der Waals surface area contributed by atoms with E-state index in [-0.39, 0.29) is 5.78 Å². The van der Waals surface area contributed by atoms with Gasteiger partial charge in [-0.05, 0) is 24.6 Å². The van der Waals surface area contributed by atoms with Gasteiger partial charge in [0.25, 0.3) is 0 Å². The van der Waals surface area contributed by atoms with E-state index in [0.29, 0.717) is 0 Å². The average molecular weight is 446 g/mol. The maximum Gasteiger partial charge on any atom is 0.125 e. The summed E-state index contributed by atoms with van der Waals surface area (Å²) in [5.41, 5.74) is 2.32. The molecular formula is C24H36N3OPS. The lowest BCUT2D eigenvalue weighted by molar-refractivity contribution is 0.416. The largest absolute Gasteiger partial charge is 0.269 e. The smallest absolute Gasteiger partial charge is 0.125 e. The van der Waals surface area contributed by atoms with Crippen LogP contribution in [0.4, 0.5) is 0 Å². The number of nitrogens with zero attached hydrogens (tertiary/aromatic N) is 2. The molecule has 2 rings (SSSR count). The second-order valence-corrected chi connectivity index (χ2v) is 10.6. The molecule has 0 heterocycles. The summed E-state index contributed by atoms with van der Waals surface area (Å²) >= 11 is 0. The zero-order valence-electron chi connectivity index (χ0n) is 18.9. The lowest BCUT2D eigenvalue weighted by Crippen LogP contribution is -2.40. The van der Waals surface area contributed by atoms with Crippen LogP contribution in [0, 0.1) is 6.92 Å². The monoisotopic (exact) mass is 445 g/mol. The predicted octanol–water partition coefficient (Wildman–Crippen LogP) is 5.64. The molecule has 0 aromatic heterocycles. The Kier molecular flexibility index (Phi) is 10.9. The SMILES string of the molecule is CCN(CC)P([C@@H](/C=C/c1ccccc1)NS(=O)c1ccc(C)cc1)N(CC)CC. The number of benzene rings is 2. The van der Waals surface area contributed by atoms with E-state index in [1.165, 1.54) is 5.56 Å². The van der Waals surface area contributed by atoms with Crippen molar-refractivity contribution in [2.45, 2.75) is 45.3 Å². The molecule has 2 aromatic rings. The maximum absolute atomic E-state index is 13.2. The molecule has 1 N–H and O–H groups in total. The van der Waals surface area contributed by atoms with E-state index in [4.69, 9.17) is 0 Å². The van der Waals surface area contributed by atoms with E-state index in [0.717, 1.165) is 36.6 Å². The van der Waals surface area contributed by atoms with Crippen LogP contribution in [0.1, 0.15) is 38.8 Å². The first kappa shape index (κ1) is 24.9. The van der Waals surface area contributed by atoms with E-state index < -0.39 is 19.2 Å². The van der Waals surface area contributed by atoms with Crippen LogP contribution in [0.15, 0.2) is 65.6 Å². The van der Waals surface area contributed by atoms with Gasteiger partial charge in [-0.1, -0.05) is 87.9 Å². The highest BCUT2D eigenvalue weighted by Gasteiger charge is 2.30. The summed E-state index contributed by atoms with van der Waals surface area (Å²) < 4.78 is 21.7. The second kappa shape index (κ2) is 13.1. The minimum Gasteiger partial charge on any atom is -0.269 e. The molecule has 0 saturated carbocycles. The van der Waals surface area contributed by atoms with Crippen LogP contribution in [-0.2, 0) is 11.0 Å². The summed E-state index contributed by atoms with van der Waals surface area (Å²) in [4.78, 5) is 0.813. The Morgan fingerprint density at radius 2 is 1.43 bits per heavy atom. The molecule has 30 heavy (non-hydrogen) atoms. The van der Waals surface area contributed by atoms with Crippen molar-refractivity contribution >= 4 is 25.3 Å². The molecule has 0 aliphatic heterocycles. The van der Waals surface area contributed by atoms with Gasteiger partial charge in [0.1, 0.15) is 11.0 Å². The Morgan fingerprint density at radius 3 is 1.93 bits per heavy atom. The van der Waals surface area contributed by atoms with Crippen molar-refractivity contribution in [3.8, 4) is 0 Å². The first-order valence-electron chi connectivity index (χ1n) is 10.8. The van der Waals surface area contributed by atoms with Crippen LogP contribution in [0.3, 0.4) is 0 Å². The molecule has 164 valence electrons. The minimum atomic E-state index is -1.28. The standard InChI is InChI=1S/C24H36N3OPS/c1-6-26(7-2)29(27(8-3)9-4)24(20-17-22-13-11-10-12-14-22)25-30(28)23-18-15-21(5)16-19-23/h10-20,24-25H,6-9H2,1-5H3/b20-17+/t24-,30?/m0/s1. The minimum absolute atomic E-state index is 0.0258. The maximum atomic E-state index is 13.2. The molecule has 0 bridgehead atoms. The number of rotatable bonds is 12. The Labute approximate surface area is 186 Å². The highest BCUT2D eigenvalue weighted by Crippen LogP contribution is 2.48. The molecule has 1 unspecified atom stereocenters. The Balaban J connectivity index is 2.39. The third kappa shape index (κ3) is 7.11. The quantitative estimate of drug-likeness (QED) is 0.429. The van der Waals surface area contributed by atoms with Gasteiger partial charge in [0.2, 0.25) is 0 Å². The Hall–Kier alpha value is -1.36. The third-order valence-electron chi connectivity index (χ3n) is 5.02. The van der Waals surface area contributed by atoms with Gasteiger partial charge in [-0.2, -0.15) is 0 Å². The molecule has 2 atom stereocenters. The molecule has 0 radical (unpaired) electrons. The fraction of sp³-hybridized carbons (Fsp3) is 0.417. The first-order chi connectivity index (χ1) is 14.5. The van der Waals surface area contributed by atoms with E-state index in [9.17, 15) is 4.21 Å². The van der Waals surface area contributed by atoms with Gasteiger partial charge in [0, 0.05) is 26.2 Å². The number of nitrogens with one attached hydrogen (secondary N) is 1. The summed E-state index contributed by atoms with van der Waals surface area (Å²) in [5, 5.41) is 0. The van der Waals surface area contributed by atoms with Gasteiger partial charge in [-0.15, -0.1) is 0 Å². The van der Waals surface area contributed by atoms with Gasteiger partial charge < -0.3 is 0 Å². The normalized spacial score (nSPS) is 14.1. The second-order valence-electron chi connectivity index (χ2n) is 7.01. The van der Waals surface area contributed by atoms with Crippen molar-refractivity contribution in [2.75, 3.05) is 26.2 Å². The van der Waals surface area contributed by atoms with Crippen LogP contribution in [0.5, 0.6) is 0 Å². The van der Waals surface area contributed by atoms with Crippen molar-refractivity contribution in [2.24, 2.45) is 0 Å². The van der Waals surface area contributed by atoms with E-state index in [1.807, 2.05) is 49.4 Å². The van der Waals surface area contributed by atoms with Crippen LogP contribution < -0.4 is 4.72 Å². The molecule has 0 fully saturated rings. The zero-order chi connectivity index (χ0) is 21.9. The number of hydrogen-bond acceptors (Lipinski definition) is 3. The highest BCUT2D eigenvalue weighted by atomic mass is 32.2. The summed E-state index contributed by atoms with van der Waals surface area (Å²) in [6.45, 7) is 14.7. The van der Waals surface area contributed by atoms with E-state index >= 15 is 0 Å². The molecule has 0 spiro atoms. The van der Waals surface area contributed by atoms with Crippen molar-refractivity contribution < 1.29 is 4.21 Å². The molecule has 0 aliphatic rings. The van der Waals surface area contributed by atoms with Crippen LogP contribution in [0.25, 0.3) is 6.08 Å². The van der Waals surface area contributed by atoms with Crippen molar-refractivity contribution in [3.05, 3.63) is 71.8 Å². The topological polar surface area (TPSA) is 35.6 Å². The van der Waals surface area contributed by atoms with Gasteiger partial charge in [-0.25, -0.2) is 8.93 Å². The molecular weight excluding hydrogens is 409 g/mol. The summed E-state index contributed by atoms with van der Waals surface area (Å²) in [7, 11) is -1.98. The Bertz CT molecular complexity index is 778. The molecule has 2 aromatic carbocycles. The fourth-order valence-corrected chi connectivity index (χ4v) is 7.27. The lowest BCUT2D eigenvalue weighted by Gasteiger charge is -2.41. The fourth-order valence-electron chi connectivity index (χ4n) is 3.33. The summed E-state index contributed by atoms with van der Waals surface area (Å²) in [6.07, 6.45) is 4.34. The van der Waals surface area contributed by atoms with Gasteiger partial charge in [0.15, 0.2) is 0 Å². The van der Waals surface area contributed by atoms with Gasteiger partial charge >= 0.3 is 0 Å². The van der Waals surface area contributed by atoms with Crippen LogP contribution in [-0.4, -0.2) is 45.5 Å². The zero-order valence-corrected chi connectivity index (χ0v) is 20.6. The molecule has 0 amide bonds. The van der Waals surface area contributed by atoms with Crippen LogP contribution in [0.2, 0.25) is 0 Å². The first-order valence-corrected chi connectivity index (χ1v) is 13.3. The van der Waals surface area contributed by atoms with Gasteiger partial charge in [-0.3, -0.25) is 9.34 Å². The highest BCUT2D eigenvalue weighted by molar-refractivity contribution is 7.83. The lowest BCUT2D eigenvalue weighted by atomic mass is 10.2. The van der Waals surface area contributed by atoms with E-state index in [1.54, 1.807) is 0 Å².